The van der Waals surface area contributed by atoms with Crippen molar-refractivity contribution in [3.8, 4) is 5.75 Å². The Balaban J connectivity index is 1.62. The van der Waals surface area contributed by atoms with Gasteiger partial charge in [0.25, 0.3) is 0 Å². The lowest BCUT2D eigenvalue weighted by atomic mass is 9.87. The molecule has 0 saturated heterocycles. The maximum Gasteiger partial charge on any atom is 0.230 e. The molecule has 0 unspecified atom stereocenters. The Bertz CT molecular complexity index is 551. The highest BCUT2D eigenvalue weighted by molar-refractivity contribution is 8.39. The molecule has 4 nitrogen and oxygen atoms in total. The Morgan fingerprint density at radius 2 is 2.09 bits per heavy atom. The number of hydrogen-bond donors (Lipinski definition) is 1. The molecule has 0 radical (unpaired) electrons. The zero-order valence-corrected chi connectivity index (χ0v) is 15.6. The molecule has 2 rings (SSSR count). The van der Waals surface area contributed by atoms with Crippen LogP contribution in [0.15, 0.2) is 29.3 Å². The number of thioether (sulfide) groups is 2. The van der Waals surface area contributed by atoms with Gasteiger partial charge in [0.05, 0.1) is 18.8 Å². The summed E-state index contributed by atoms with van der Waals surface area (Å²) in [6, 6.07) is 8.14. The van der Waals surface area contributed by atoms with Gasteiger partial charge in [-0.15, -0.1) is 0 Å². The van der Waals surface area contributed by atoms with Gasteiger partial charge in [-0.1, -0.05) is 56.4 Å². The van der Waals surface area contributed by atoms with E-state index in [0.29, 0.717) is 18.9 Å². The summed E-state index contributed by atoms with van der Waals surface area (Å²) in [5, 5.41) is 2.86. The number of nitrogens with one attached hydrogen (secondary N) is 1. The van der Waals surface area contributed by atoms with E-state index in [2.05, 4.69) is 43.2 Å². The fourth-order valence-electron chi connectivity index (χ4n) is 1.99. The largest absolute Gasteiger partial charge is 0.492 e. The summed E-state index contributed by atoms with van der Waals surface area (Å²) in [5.74, 6) is 2.31. The van der Waals surface area contributed by atoms with Gasteiger partial charge in [-0.3, -0.25) is 9.79 Å². The molecule has 1 aromatic carbocycles. The van der Waals surface area contributed by atoms with Gasteiger partial charge in [-0.2, -0.15) is 0 Å². The molecule has 0 saturated carbocycles. The summed E-state index contributed by atoms with van der Waals surface area (Å²) < 4.78 is 6.68. The van der Waals surface area contributed by atoms with Crippen LogP contribution in [-0.4, -0.2) is 41.5 Å². The molecule has 0 spiro atoms. The van der Waals surface area contributed by atoms with E-state index in [0.717, 1.165) is 22.4 Å². The third-order valence-electron chi connectivity index (χ3n) is 3.30. The molecule has 0 atom stereocenters. The van der Waals surface area contributed by atoms with E-state index >= 15 is 0 Å². The third-order valence-corrected chi connectivity index (χ3v) is 5.55. The topological polar surface area (TPSA) is 50.7 Å². The Morgan fingerprint density at radius 3 is 2.70 bits per heavy atom. The molecule has 6 heteroatoms. The van der Waals surface area contributed by atoms with Crippen LogP contribution in [0.2, 0.25) is 0 Å². The minimum atomic E-state index is 0.0249. The molecule has 1 N–H and O–H groups in total. The highest BCUT2D eigenvalue weighted by Crippen LogP contribution is 2.24. The van der Waals surface area contributed by atoms with Crippen molar-refractivity contribution < 1.29 is 9.53 Å². The molecular formula is C17H24N2O2S2. The minimum absolute atomic E-state index is 0.0249. The summed E-state index contributed by atoms with van der Waals surface area (Å²) >= 11 is 3.23. The fraction of sp³-hybridized carbons (Fsp3) is 0.529. The van der Waals surface area contributed by atoms with Crippen LogP contribution in [-0.2, 0) is 10.2 Å². The van der Waals surface area contributed by atoms with Crippen molar-refractivity contribution in [1.82, 2.24) is 5.32 Å². The van der Waals surface area contributed by atoms with Crippen LogP contribution < -0.4 is 10.1 Å². The average Bonchev–Trinajstić information content (AvgIpc) is 3.02. The van der Waals surface area contributed by atoms with Crippen LogP contribution in [0, 0.1) is 0 Å². The second-order valence-corrected chi connectivity index (χ2v) is 8.56. The molecular weight excluding hydrogens is 328 g/mol. The van der Waals surface area contributed by atoms with Gasteiger partial charge in [0, 0.05) is 5.75 Å². The van der Waals surface area contributed by atoms with Crippen molar-refractivity contribution in [2.24, 2.45) is 4.99 Å². The van der Waals surface area contributed by atoms with Crippen molar-refractivity contribution in [2.75, 3.05) is 31.2 Å². The number of carbonyl (C=O) groups excluding carboxylic acids is 1. The number of hydrogen-bond acceptors (Lipinski definition) is 5. The standard InChI is InChI=1S/C17H24N2O2S2/c1-17(2,3)13-4-6-14(7-5-13)21-10-8-18-15(20)12-23-16-19-9-11-22-16/h4-7H,8-12H2,1-3H3,(H,18,20). The van der Waals surface area contributed by atoms with E-state index in [1.807, 2.05) is 12.1 Å². The molecule has 23 heavy (non-hydrogen) atoms. The highest BCUT2D eigenvalue weighted by Gasteiger charge is 2.13. The van der Waals surface area contributed by atoms with Crippen LogP contribution >= 0.6 is 23.5 Å². The van der Waals surface area contributed by atoms with E-state index in [-0.39, 0.29) is 11.3 Å². The first-order chi connectivity index (χ1) is 10.9. The first-order valence-electron chi connectivity index (χ1n) is 7.75. The SMILES string of the molecule is CC(C)(C)c1ccc(OCCNC(=O)CSC2=NCCS2)cc1. The fourth-order valence-corrected chi connectivity index (χ4v) is 3.83. The van der Waals surface area contributed by atoms with Crippen LogP contribution in [0.5, 0.6) is 5.75 Å². The quantitative estimate of drug-likeness (QED) is 0.798. The first kappa shape index (κ1) is 18.2. The van der Waals surface area contributed by atoms with Crippen molar-refractivity contribution in [2.45, 2.75) is 26.2 Å². The molecule has 0 aliphatic carbocycles. The molecule has 0 fully saturated rings. The van der Waals surface area contributed by atoms with Gasteiger partial charge < -0.3 is 10.1 Å². The van der Waals surface area contributed by atoms with Crippen LogP contribution in [0.25, 0.3) is 0 Å². The van der Waals surface area contributed by atoms with E-state index in [1.165, 1.54) is 17.3 Å². The van der Waals surface area contributed by atoms with Gasteiger partial charge in [0.1, 0.15) is 16.7 Å². The molecule has 1 aliphatic heterocycles. The molecule has 0 bridgehead atoms. The zero-order valence-electron chi connectivity index (χ0n) is 13.9. The average molecular weight is 353 g/mol. The van der Waals surface area contributed by atoms with Crippen LogP contribution in [0.1, 0.15) is 26.3 Å². The summed E-state index contributed by atoms with van der Waals surface area (Å²) in [5.41, 5.74) is 1.43. The summed E-state index contributed by atoms with van der Waals surface area (Å²) in [7, 11) is 0. The minimum Gasteiger partial charge on any atom is -0.492 e. The zero-order chi connectivity index (χ0) is 16.7. The molecule has 126 valence electrons. The Labute approximate surface area is 146 Å². The van der Waals surface area contributed by atoms with E-state index < -0.39 is 0 Å². The monoisotopic (exact) mass is 352 g/mol. The van der Waals surface area contributed by atoms with E-state index in [9.17, 15) is 4.79 Å². The Morgan fingerprint density at radius 1 is 1.35 bits per heavy atom. The van der Waals surface area contributed by atoms with Crippen LogP contribution in [0.4, 0.5) is 0 Å². The maximum absolute atomic E-state index is 11.7. The molecule has 1 aromatic rings. The number of benzene rings is 1. The number of rotatable bonds is 6. The summed E-state index contributed by atoms with van der Waals surface area (Å²) in [6.07, 6.45) is 0. The van der Waals surface area contributed by atoms with Crippen molar-refractivity contribution in [1.29, 1.82) is 0 Å². The smallest absolute Gasteiger partial charge is 0.230 e. The Kier molecular flexibility index (Phi) is 6.84. The number of amides is 1. The predicted molar refractivity (Wildman–Crippen MR) is 101 cm³/mol. The number of carbonyl (C=O) groups is 1. The van der Waals surface area contributed by atoms with E-state index in [4.69, 9.17) is 4.74 Å². The van der Waals surface area contributed by atoms with Crippen molar-refractivity contribution in [3.05, 3.63) is 29.8 Å². The predicted octanol–water partition coefficient (Wildman–Crippen LogP) is 3.32. The van der Waals surface area contributed by atoms with E-state index in [1.54, 1.807) is 11.8 Å². The van der Waals surface area contributed by atoms with Crippen LogP contribution in [0.3, 0.4) is 0 Å². The van der Waals surface area contributed by atoms with Crippen molar-refractivity contribution in [3.63, 3.8) is 0 Å². The highest BCUT2D eigenvalue weighted by atomic mass is 32.2. The number of ether oxygens (including phenoxy) is 1. The lowest BCUT2D eigenvalue weighted by Crippen LogP contribution is -2.29. The second kappa shape index (κ2) is 8.64. The van der Waals surface area contributed by atoms with Gasteiger partial charge >= 0.3 is 0 Å². The van der Waals surface area contributed by atoms with Gasteiger partial charge in [0.15, 0.2) is 0 Å². The summed E-state index contributed by atoms with van der Waals surface area (Å²) in [4.78, 5) is 16.0. The molecule has 1 amide bonds. The van der Waals surface area contributed by atoms with Gasteiger partial charge in [0.2, 0.25) is 5.91 Å². The maximum atomic E-state index is 11.7. The van der Waals surface area contributed by atoms with Crippen molar-refractivity contribution >= 4 is 33.8 Å². The van der Waals surface area contributed by atoms with Gasteiger partial charge in [-0.25, -0.2) is 0 Å². The Hall–Kier alpha value is -1.14. The molecule has 1 aliphatic rings. The third kappa shape index (κ3) is 6.47. The normalized spacial score (nSPS) is 14.5. The van der Waals surface area contributed by atoms with Gasteiger partial charge in [-0.05, 0) is 23.1 Å². The summed E-state index contributed by atoms with van der Waals surface area (Å²) in [6.45, 7) is 8.42. The number of nitrogens with zero attached hydrogens (tertiary/aromatic N) is 1. The lowest BCUT2D eigenvalue weighted by molar-refractivity contribution is -0.118. The molecule has 1 heterocycles. The lowest BCUT2D eigenvalue weighted by Gasteiger charge is -2.19. The molecule has 0 aromatic heterocycles. The first-order valence-corrected chi connectivity index (χ1v) is 9.72. The second-order valence-electron chi connectivity index (χ2n) is 6.26. The number of aliphatic imine (C=N–C) groups is 1.